The van der Waals surface area contributed by atoms with E-state index in [9.17, 15) is 14.4 Å². The Bertz CT molecular complexity index is 787. The number of hydrogen-bond donors (Lipinski definition) is 3. The van der Waals surface area contributed by atoms with Crippen molar-refractivity contribution < 1.29 is 14.4 Å². The van der Waals surface area contributed by atoms with E-state index in [1.807, 2.05) is 19.9 Å². The molecular weight excluding hydrogens is 356 g/mol. The van der Waals surface area contributed by atoms with Crippen molar-refractivity contribution in [1.82, 2.24) is 15.5 Å². The van der Waals surface area contributed by atoms with E-state index in [2.05, 4.69) is 16.0 Å². The van der Waals surface area contributed by atoms with Gasteiger partial charge in [-0.25, -0.2) is 4.79 Å². The van der Waals surface area contributed by atoms with E-state index >= 15 is 0 Å². The van der Waals surface area contributed by atoms with Gasteiger partial charge in [0.15, 0.2) is 0 Å². The number of anilines is 1. The highest BCUT2D eigenvalue weighted by molar-refractivity contribution is 5.96. The second kappa shape index (κ2) is 10.7. The minimum Gasteiger partial charge on any atom is -0.350 e. The zero-order valence-electron chi connectivity index (χ0n) is 16.2. The Morgan fingerprint density at radius 1 is 0.786 bits per heavy atom. The number of benzene rings is 2. The number of carbonyl (C=O) groups excluding carboxylic acids is 3. The average Bonchev–Trinajstić information content (AvgIpc) is 2.73. The van der Waals surface area contributed by atoms with Gasteiger partial charge in [-0.05, 0) is 50.2 Å². The molecule has 0 spiro atoms. The van der Waals surface area contributed by atoms with Crippen molar-refractivity contribution in [2.75, 3.05) is 31.5 Å². The molecule has 0 aromatic heterocycles. The fraction of sp³-hybridized carbons (Fsp3) is 0.286. The van der Waals surface area contributed by atoms with Gasteiger partial charge in [-0.2, -0.15) is 0 Å². The molecule has 0 aliphatic carbocycles. The van der Waals surface area contributed by atoms with Crippen LogP contribution in [0.5, 0.6) is 0 Å². The van der Waals surface area contributed by atoms with Crippen molar-refractivity contribution in [3.8, 4) is 0 Å². The van der Waals surface area contributed by atoms with Crippen molar-refractivity contribution in [2.45, 2.75) is 13.8 Å². The summed E-state index contributed by atoms with van der Waals surface area (Å²) in [5, 5.41) is 8.11. The van der Waals surface area contributed by atoms with Crippen molar-refractivity contribution in [3.63, 3.8) is 0 Å². The molecule has 0 unspecified atom stereocenters. The highest BCUT2D eigenvalue weighted by atomic mass is 16.2. The molecule has 0 aliphatic heterocycles. The summed E-state index contributed by atoms with van der Waals surface area (Å²) >= 11 is 0. The molecular formula is C21H26N4O3. The lowest BCUT2D eigenvalue weighted by Gasteiger charge is -2.18. The zero-order chi connectivity index (χ0) is 20.4. The van der Waals surface area contributed by atoms with Crippen LogP contribution < -0.4 is 16.0 Å². The van der Waals surface area contributed by atoms with Crippen molar-refractivity contribution in [3.05, 3.63) is 65.7 Å². The average molecular weight is 382 g/mol. The van der Waals surface area contributed by atoms with E-state index in [1.165, 1.54) is 0 Å². The molecule has 0 radical (unpaired) electrons. The number of amides is 4. The lowest BCUT2D eigenvalue weighted by Crippen LogP contribution is -2.36. The van der Waals surface area contributed by atoms with Gasteiger partial charge >= 0.3 is 6.03 Å². The number of urea groups is 1. The lowest BCUT2D eigenvalue weighted by molar-refractivity contribution is 0.0772. The van der Waals surface area contributed by atoms with E-state index < -0.39 is 0 Å². The number of carbonyl (C=O) groups is 3. The summed E-state index contributed by atoms with van der Waals surface area (Å²) in [6.07, 6.45) is 0. The Morgan fingerprint density at radius 3 is 2.00 bits per heavy atom. The molecule has 7 heteroatoms. The van der Waals surface area contributed by atoms with E-state index in [-0.39, 0.29) is 17.8 Å². The molecule has 2 aromatic rings. The van der Waals surface area contributed by atoms with Crippen LogP contribution in [0, 0.1) is 0 Å². The minimum absolute atomic E-state index is 0.0323. The monoisotopic (exact) mass is 382 g/mol. The number of nitrogens with zero attached hydrogens (tertiary/aromatic N) is 1. The Labute approximate surface area is 165 Å². The first-order chi connectivity index (χ1) is 13.5. The van der Waals surface area contributed by atoms with Crippen LogP contribution >= 0.6 is 0 Å². The van der Waals surface area contributed by atoms with Gasteiger partial charge in [0, 0.05) is 43.0 Å². The van der Waals surface area contributed by atoms with Crippen molar-refractivity contribution in [2.24, 2.45) is 0 Å². The third-order valence-electron chi connectivity index (χ3n) is 4.17. The first kappa shape index (κ1) is 21.0. The molecule has 0 saturated carbocycles. The largest absolute Gasteiger partial charge is 0.350 e. The van der Waals surface area contributed by atoms with Gasteiger partial charge < -0.3 is 20.9 Å². The molecule has 0 heterocycles. The summed E-state index contributed by atoms with van der Waals surface area (Å²) in [5.41, 5.74) is 1.74. The first-order valence-corrected chi connectivity index (χ1v) is 9.32. The Hall–Kier alpha value is -3.35. The Kier molecular flexibility index (Phi) is 8.02. The normalized spacial score (nSPS) is 10.1. The molecule has 0 saturated heterocycles. The third kappa shape index (κ3) is 6.12. The third-order valence-corrected chi connectivity index (χ3v) is 4.17. The van der Waals surface area contributed by atoms with Crippen LogP contribution in [0.3, 0.4) is 0 Å². The maximum atomic E-state index is 12.3. The summed E-state index contributed by atoms with van der Waals surface area (Å²) in [6, 6.07) is 15.3. The molecule has 2 aromatic carbocycles. The molecule has 2 rings (SSSR count). The smallest absolute Gasteiger partial charge is 0.319 e. The molecule has 0 atom stereocenters. The fourth-order valence-electron chi connectivity index (χ4n) is 2.61. The van der Waals surface area contributed by atoms with Crippen LogP contribution in [0.25, 0.3) is 0 Å². The predicted octanol–water partition coefficient (Wildman–Crippen LogP) is 2.72. The van der Waals surface area contributed by atoms with Gasteiger partial charge in [0.1, 0.15) is 0 Å². The van der Waals surface area contributed by atoms with Crippen molar-refractivity contribution in [1.29, 1.82) is 0 Å². The molecule has 0 aliphatic rings. The quantitative estimate of drug-likeness (QED) is 0.613. The van der Waals surface area contributed by atoms with E-state index in [0.717, 1.165) is 0 Å². The van der Waals surface area contributed by atoms with Gasteiger partial charge in [0.25, 0.3) is 11.8 Å². The minimum atomic E-state index is -0.378. The molecule has 7 nitrogen and oxygen atoms in total. The van der Waals surface area contributed by atoms with Crippen LogP contribution in [0.2, 0.25) is 0 Å². The standard InChI is InChI=1S/C21H26N4O3/c1-3-25(4-2)20(27)17-10-12-18(13-11-17)24-21(28)23-15-14-22-19(26)16-8-6-5-7-9-16/h5-13H,3-4,14-15H2,1-2H3,(H,22,26)(H2,23,24,28). The molecule has 28 heavy (non-hydrogen) atoms. The van der Waals surface area contributed by atoms with Crippen molar-refractivity contribution >= 4 is 23.5 Å². The first-order valence-electron chi connectivity index (χ1n) is 9.32. The summed E-state index contributed by atoms with van der Waals surface area (Å²) in [6.45, 7) is 5.78. The van der Waals surface area contributed by atoms with Crippen LogP contribution in [-0.4, -0.2) is 48.9 Å². The number of hydrogen-bond acceptors (Lipinski definition) is 3. The molecule has 148 valence electrons. The topological polar surface area (TPSA) is 90.5 Å². The highest BCUT2D eigenvalue weighted by Crippen LogP contribution is 2.11. The van der Waals surface area contributed by atoms with Crippen LogP contribution in [0.1, 0.15) is 34.6 Å². The molecule has 0 fully saturated rings. The van der Waals surface area contributed by atoms with Gasteiger partial charge in [-0.1, -0.05) is 18.2 Å². The molecule has 0 bridgehead atoms. The van der Waals surface area contributed by atoms with Gasteiger partial charge in [0.05, 0.1) is 0 Å². The SMILES string of the molecule is CCN(CC)C(=O)c1ccc(NC(=O)NCCNC(=O)c2ccccc2)cc1. The second-order valence-corrected chi connectivity index (χ2v) is 6.06. The highest BCUT2D eigenvalue weighted by Gasteiger charge is 2.12. The van der Waals surface area contributed by atoms with Crippen LogP contribution in [0.4, 0.5) is 10.5 Å². The maximum absolute atomic E-state index is 12.3. The van der Waals surface area contributed by atoms with Gasteiger partial charge in [-0.15, -0.1) is 0 Å². The maximum Gasteiger partial charge on any atom is 0.319 e. The second-order valence-electron chi connectivity index (χ2n) is 6.06. The fourth-order valence-corrected chi connectivity index (χ4v) is 2.61. The van der Waals surface area contributed by atoms with E-state index in [1.54, 1.807) is 53.4 Å². The van der Waals surface area contributed by atoms with Gasteiger partial charge in [0.2, 0.25) is 0 Å². The van der Waals surface area contributed by atoms with Crippen LogP contribution in [-0.2, 0) is 0 Å². The molecule has 4 amide bonds. The predicted molar refractivity (Wildman–Crippen MR) is 109 cm³/mol. The zero-order valence-corrected chi connectivity index (χ0v) is 16.2. The van der Waals surface area contributed by atoms with Gasteiger partial charge in [-0.3, -0.25) is 9.59 Å². The summed E-state index contributed by atoms with van der Waals surface area (Å²) in [4.78, 5) is 37.8. The summed E-state index contributed by atoms with van der Waals surface area (Å²) in [7, 11) is 0. The van der Waals surface area contributed by atoms with E-state index in [4.69, 9.17) is 0 Å². The number of rotatable bonds is 8. The Morgan fingerprint density at radius 2 is 1.39 bits per heavy atom. The Balaban J connectivity index is 1.74. The van der Waals surface area contributed by atoms with Crippen LogP contribution in [0.15, 0.2) is 54.6 Å². The number of nitrogens with one attached hydrogen (secondary N) is 3. The summed E-state index contributed by atoms with van der Waals surface area (Å²) in [5.74, 6) is -0.216. The molecule has 3 N–H and O–H groups in total. The lowest BCUT2D eigenvalue weighted by atomic mass is 10.2. The summed E-state index contributed by atoms with van der Waals surface area (Å²) < 4.78 is 0. The van der Waals surface area contributed by atoms with E-state index in [0.29, 0.717) is 43.0 Å².